The topological polar surface area (TPSA) is 38.8 Å². The van der Waals surface area contributed by atoms with Crippen molar-refractivity contribution in [3.63, 3.8) is 0 Å². The van der Waals surface area contributed by atoms with Gasteiger partial charge in [0.1, 0.15) is 11.8 Å². The first-order chi connectivity index (χ1) is 8.08. The summed E-state index contributed by atoms with van der Waals surface area (Å²) in [5.74, 6) is 0. The maximum Gasteiger partial charge on any atom is 0.412 e. The van der Waals surface area contributed by atoms with Crippen LogP contribution in [0.3, 0.4) is 0 Å². The van der Waals surface area contributed by atoms with Crippen LogP contribution in [0, 0.1) is 0 Å². The number of nitrogens with zero attached hydrogens (tertiary/aromatic N) is 1. The normalized spacial score (nSPS) is 21.0. The van der Waals surface area contributed by atoms with Gasteiger partial charge in [-0.3, -0.25) is 4.90 Å². The summed E-state index contributed by atoms with van der Waals surface area (Å²) in [6, 6.07) is 0. The van der Waals surface area contributed by atoms with Gasteiger partial charge in [-0.15, -0.1) is 0 Å². The van der Waals surface area contributed by atoms with Crippen molar-refractivity contribution in [2.45, 2.75) is 58.7 Å². The number of hydrogen-bond acceptors (Lipinski definition) is 3. The molecule has 0 saturated heterocycles. The Labute approximate surface area is 111 Å². The van der Waals surface area contributed by atoms with E-state index in [1.807, 2.05) is 26.8 Å². The molecule has 1 heterocycles. The molecule has 1 aliphatic rings. The number of rotatable bonds is 2. The van der Waals surface area contributed by atoms with Crippen molar-refractivity contribution in [1.29, 1.82) is 0 Å². The molecule has 0 fully saturated rings. The lowest BCUT2D eigenvalue weighted by Gasteiger charge is -2.36. The lowest BCUT2D eigenvalue weighted by atomic mass is 10.2. The molecule has 0 spiro atoms. The highest BCUT2D eigenvalue weighted by molar-refractivity contribution is 6.69. The molecule has 1 atom stereocenters. The van der Waals surface area contributed by atoms with Gasteiger partial charge < -0.3 is 9.16 Å². The largest absolute Gasteiger partial charge is 0.444 e. The Kier molecular flexibility index (Phi) is 4.61. The molecule has 0 aliphatic carbocycles. The van der Waals surface area contributed by atoms with E-state index in [-0.39, 0.29) is 12.3 Å². The Morgan fingerprint density at radius 2 is 1.94 bits per heavy atom. The van der Waals surface area contributed by atoms with Gasteiger partial charge in [0, 0.05) is 6.54 Å². The summed E-state index contributed by atoms with van der Waals surface area (Å²) < 4.78 is 11.4. The summed E-state index contributed by atoms with van der Waals surface area (Å²) in [5.41, 5.74) is -0.470. The van der Waals surface area contributed by atoms with Crippen molar-refractivity contribution in [3.8, 4) is 0 Å². The highest BCUT2D eigenvalue weighted by Gasteiger charge is 2.31. The molecule has 0 aromatic carbocycles. The fraction of sp³-hybridized carbons (Fsp3) is 0.769. The first-order valence-corrected chi connectivity index (χ1v) is 9.83. The molecule has 0 saturated carbocycles. The van der Waals surface area contributed by atoms with E-state index in [1.165, 1.54) is 0 Å². The van der Waals surface area contributed by atoms with Gasteiger partial charge in [-0.1, -0.05) is 6.08 Å². The first kappa shape index (κ1) is 15.2. The lowest BCUT2D eigenvalue weighted by molar-refractivity contribution is -0.0102. The lowest BCUT2D eigenvalue weighted by Crippen LogP contribution is -2.49. The summed E-state index contributed by atoms with van der Waals surface area (Å²) in [6.45, 7) is 12.6. The molecule has 5 heteroatoms. The summed E-state index contributed by atoms with van der Waals surface area (Å²) in [5, 5.41) is 0. The summed E-state index contributed by atoms with van der Waals surface area (Å²) in [4.78, 5) is 13.8. The van der Waals surface area contributed by atoms with Crippen LogP contribution in [-0.4, -0.2) is 37.7 Å². The molecule has 104 valence electrons. The molecule has 0 radical (unpaired) electrons. The summed E-state index contributed by atoms with van der Waals surface area (Å²) in [7, 11) is -1.69. The molecule has 0 aromatic heterocycles. The number of carbonyl (C=O) groups is 1. The molecule has 0 bridgehead atoms. The van der Waals surface area contributed by atoms with Gasteiger partial charge in [0.25, 0.3) is 0 Å². The molecule has 1 unspecified atom stereocenters. The second-order valence-corrected chi connectivity index (χ2v) is 11.0. The molecule has 1 aliphatic heterocycles. The quantitative estimate of drug-likeness (QED) is 0.571. The second kappa shape index (κ2) is 5.44. The Bertz CT molecular complexity index is 328. The van der Waals surface area contributed by atoms with E-state index in [2.05, 4.69) is 25.7 Å². The highest BCUT2D eigenvalue weighted by Crippen LogP contribution is 2.19. The van der Waals surface area contributed by atoms with E-state index < -0.39 is 13.9 Å². The molecule has 1 amide bonds. The summed E-state index contributed by atoms with van der Waals surface area (Å²) >= 11 is 0. The zero-order chi connectivity index (χ0) is 14.0. The van der Waals surface area contributed by atoms with Gasteiger partial charge in [-0.25, -0.2) is 4.79 Å². The Hall–Kier alpha value is -0.813. The third-order valence-electron chi connectivity index (χ3n) is 2.25. The third kappa shape index (κ3) is 5.22. The van der Waals surface area contributed by atoms with Crippen LogP contribution in [0.2, 0.25) is 19.6 Å². The maximum absolute atomic E-state index is 12.1. The fourth-order valence-corrected chi connectivity index (χ4v) is 2.57. The van der Waals surface area contributed by atoms with Crippen LogP contribution in [0.25, 0.3) is 0 Å². The smallest absolute Gasteiger partial charge is 0.412 e. The molecule has 0 aromatic rings. The van der Waals surface area contributed by atoms with Crippen molar-refractivity contribution in [1.82, 2.24) is 4.90 Å². The monoisotopic (exact) mass is 271 g/mol. The van der Waals surface area contributed by atoms with Crippen LogP contribution in [0.4, 0.5) is 4.79 Å². The summed E-state index contributed by atoms with van der Waals surface area (Å²) in [6.07, 6.45) is 4.29. The fourth-order valence-electron chi connectivity index (χ4n) is 1.64. The van der Waals surface area contributed by atoms with E-state index in [0.717, 1.165) is 6.42 Å². The Morgan fingerprint density at radius 3 is 2.44 bits per heavy atom. The number of amides is 1. The van der Waals surface area contributed by atoms with Crippen LogP contribution in [0.1, 0.15) is 27.2 Å². The molecule has 18 heavy (non-hydrogen) atoms. The van der Waals surface area contributed by atoms with Crippen LogP contribution in [-0.2, 0) is 9.16 Å². The highest BCUT2D eigenvalue weighted by atomic mass is 28.4. The van der Waals surface area contributed by atoms with E-state index in [0.29, 0.717) is 6.54 Å². The molecule has 4 nitrogen and oxygen atoms in total. The van der Waals surface area contributed by atoms with Gasteiger partial charge in [0.2, 0.25) is 0 Å². The average molecular weight is 271 g/mol. The maximum atomic E-state index is 12.1. The molecule has 1 rings (SSSR count). The van der Waals surface area contributed by atoms with E-state index in [1.54, 1.807) is 4.90 Å². The third-order valence-corrected chi connectivity index (χ3v) is 3.20. The number of ether oxygens (including phenoxy) is 1. The SMILES string of the molecule is CC(C)(C)OC(=O)N1CCC=CC1O[Si](C)(C)C. The van der Waals surface area contributed by atoms with Crippen molar-refractivity contribution >= 4 is 14.4 Å². The van der Waals surface area contributed by atoms with Crippen LogP contribution in [0.5, 0.6) is 0 Å². The molecular weight excluding hydrogens is 246 g/mol. The minimum absolute atomic E-state index is 0.278. The second-order valence-electron chi connectivity index (χ2n) is 6.51. The predicted molar refractivity (Wildman–Crippen MR) is 74.9 cm³/mol. The van der Waals surface area contributed by atoms with E-state index >= 15 is 0 Å². The van der Waals surface area contributed by atoms with Crippen molar-refractivity contribution in [3.05, 3.63) is 12.2 Å². The van der Waals surface area contributed by atoms with Crippen molar-refractivity contribution in [2.75, 3.05) is 6.54 Å². The minimum atomic E-state index is -1.69. The predicted octanol–water partition coefficient (Wildman–Crippen LogP) is 3.36. The Morgan fingerprint density at radius 1 is 1.33 bits per heavy atom. The first-order valence-electron chi connectivity index (χ1n) is 6.43. The number of carbonyl (C=O) groups excluding carboxylic acids is 1. The number of hydrogen-bond donors (Lipinski definition) is 0. The van der Waals surface area contributed by atoms with Gasteiger partial charge in [0.05, 0.1) is 0 Å². The Balaban J connectivity index is 2.73. The van der Waals surface area contributed by atoms with E-state index in [9.17, 15) is 4.79 Å². The average Bonchev–Trinajstić information content (AvgIpc) is 2.12. The standard InChI is InChI=1S/C13H25NO3Si/c1-13(2,3)16-12(15)14-10-8-7-9-11(14)17-18(4,5)6/h7,9,11H,8,10H2,1-6H3. The van der Waals surface area contributed by atoms with Crippen LogP contribution >= 0.6 is 0 Å². The van der Waals surface area contributed by atoms with Crippen molar-refractivity contribution < 1.29 is 14.0 Å². The zero-order valence-corrected chi connectivity index (χ0v) is 13.3. The van der Waals surface area contributed by atoms with E-state index in [4.69, 9.17) is 9.16 Å². The van der Waals surface area contributed by atoms with Crippen LogP contribution in [0.15, 0.2) is 12.2 Å². The van der Waals surface area contributed by atoms with Crippen LogP contribution < -0.4 is 0 Å². The van der Waals surface area contributed by atoms with Gasteiger partial charge in [-0.2, -0.15) is 0 Å². The van der Waals surface area contributed by atoms with Crippen molar-refractivity contribution in [2.24, 2.45) is 0 Å². The zero-order valence-electron chi connectivity index (χ0n) is 12.3. The van der Waals surface area contributed by atoms with Gasteiger partial charge in [0.15, 0.2) is 8.32 Å². The molecule has 0 N–H and O–H groups in total. The van der Waals surface area contributed by atoms with Gasteiger partial charge in [-0.05, 0) is 52.9 Å². The van der Waals surface area contributed by atoms with Gasteiger partial charge >= 0.3 is 6.09 Å². The molecular formula is C13H25NO3Si. The minimum Gasteiger partial charge on any atom is -0.444 e.